The molecule has 2 fully saturated rings. The van der Waals surface area contributed by atoms with E-state index in [-0.39, 0.29) is 54.9 Å². The van der Waals surface area contributed by atoms with Crippen molar-refractivity contribution in [3.63, 3.8) is 0 Å². The average Bonchev–Trinajstić information content (AvgIpc) is 3.01. The molecular weight excluding hydrogens is 650 g/mol. The number of piperazine rings is 2. The zero-order valence-electron chi connectivity index (χ0n) is 30.6. The Hall–Kier alpha value is -3.17. The maximum absolute atomic E-state index is 12.7. The number of alkyl carbamates (subject to hydrolysis) is 1. The molecule has 48 heavy (non-hydrogen) atoms. The lowest BCUT2D eigenvalue weighted by atomic mass is 10.0. The highest BCUT2D eigenvalue weighted by atomic mass is 35.5. The minimum absolute atomic E-state index is 0. The molecule has 1 N–H and O–H groups in total. The first kappa shape index (κ1) is 46.9. The zero-order valence-corrected chi connectivity index (χ0v) is 31.4. The molecule has 280 valence electrons. The van der Waals surface area contributed by atoms with Gasteiger partial charge in [0, 0.05) is 78.0 Å². The SMILES string of the molecule is CCOC(C)=O.COC(=O)CC[C@H](C)C(=O)N1CCN(C)CC1.COC(=O)CC[C@H](NC(=O)OC(C)(C)C)C(=O)N1CCN(C)CC1.Cl. The van der Waals surface area contributed by atoms with Crippen molar-refractivity contribution in [1.29, 1.82) is 0 Å². The Kier molecular flexibility index (Phi) is 24.3. The van der Waals surface area contributed by atoms with Gasteiger partial charge in [-0.05, 0) is 54.6 Å². The fraction of sp³-hybridized carbons (Fsp3) is 0.812. The van der Waals surface area contributed by atoms with Crippen LogP contribution in [-0.4, -0.2) is 154 Å². The molecule has 16 heteroatoms. The summed E-state index contributed by atoms with van der Waals surface area (Å²) < 4.78 is 18.8. The molecule has 0 bridgehead atoms. The Balaban J connectivity index is 0. The molecule has 0 aromatic heterocycles. The van der Waals surface area contributed by atoms with E-state index in [9.17, 15) is 28.8 Å². The molecule has 2 rings (SSSR count). The third-order valence-electron chi connectivity index (χ3n) is 7.26. The lowest BCUT2D eigenvalue weighted by Crippen LogP contribution is -2.54. The van der Waals surface area contributed by atoms with E-state index in [1.807, 2.05) is 18.9 Å². The van der Waals surface area contributed by atoms with Crippen LogP contribution in [0.15, 0.2) is 0 Å². The van der Waals surface area contributed by atoms with Crippen molar-refractivity contribution in [2.24, 2.45) is 5.92 Å². The molecule has 15 nitrogen and oxygen atoms in total. The van der Waals surface area contributed by atoms with E-state index in [0.717, 1.165) is 39.3 Å². The van der Waals surface area contributed by atoms with Crippen LogP contribution in [0.2, 0.25) is 0 Å². The Labute approximate surface area is 292 Å². The minimum atomic E-state index is -0.803. The summed E-state index contributed by atoms with van der Waals surface area (Å²) in [6.07, 6.45) is 0.447. The number of nitrogens with zero attached hydrogens (tertiary/aromatic N) is 4. The summed E-state index contributed by atoms with van der Waals surface area (Å²) in [6, 6.07) is -0.803. The quantitative estimate of drug-likeness (QED) is 0.259. The number of esters is 3. The van der Waals surface area contributed by atoms with Gasteiger partial charge in [-0.25, -0.2) is 4.79 Å². The monoisotopic (exact) mass is 709 g/mol. The number of rotatable bonds is 10. The zero-order chi connectivity index (χ0) is 36.2. The van der Waals surface area contributed by atoms with Crippen LogP contribution in [-0.2, 0) is 42.9 Å². The Morgan fingerprint density at radius 3 is 1.50 bits per heavy atom. The van der Waals surface area contributed by atoms with Gasteiger partial charge in [-0.3, -0.25) is 24.0 Å². The summed E-state index contributed by atoms with van der Waals surface area (Å²) >= 11 is 0. The number of halogens is 1. The second-order valence-electron chi connectivity index (χ2n) is 12.5. The van der Waals surface area contributed by atoms with Crippen LogP contribution in [0, 0.1) is 5.92 Å². The number of hydrogen-bond acceptors (Lipinski definition) is 12. The molecule has 3 amide bonds. The van der Waals surface area contributed by atoms with Gasteiger partial charge in [-0.2, -0.15) is 0 Å². The van der Waals surface area contributed by atoms with Crippen LogP contribution in [0.5, 0.6) is 0 Å². The summed E-state index contributed by atoms with van der Waals surface area (Å²) in [6.45, 7) is 17.0. The number of carbonyl (C=O) groups is 6. The van der Waals surface area contributed by atoms with Crippen molar-refractivity contribution in [2.75, 3.05) is 87.3 Å². The van der Waals surface area contributed by atoms with E-state index >= 15 is 0 Å². The molecule has 0 aromatic rings. The Morgan fingerprint density at radius 2 is 1.15 bits per heavy atom. The third-order valence-corrected chi connectivity index (χ3v) is 7.26. The van der Waals surface area contributed by atoms with E-state index in [0.29, 0.717) is 32.5 Å². The molecule has 2 heterocycles. The van der Waals surface area contributed by atoms with Crippen molar-refractivity contribution in [1.82, 2.24) is 24.9 Å². The molecular formula is C32H60ClN5O10. The van der Waals surface area contributed by atoms with Gasteiger partial charge in [0.2, 0.25) is 11.8 Å². The highest BCUT2D eigenvalue weighted by Gasteiger charge is 2.30. The molecule has 2 aliphatic rings. The van der Waals surface area contributed by atoms with Crippen molar-refractivity contribution >= 4 is 48.2 Å². The van der Waals surface area contributed by atoms with Gasteiger partial charge in [-0.15, -0.1) is 12.4 Å². The topological polar surface area (TPSA) is 164 Å². The number of hydrogen-bond donors (Lipinski definition) is 1. The summed E-state index contributed by atoms with van der Waals surface area (Å²) in [4.78, 5) is 76.9. The molecule has 2 saturated heterocycles. The van der Waals surface area contributed by atoms with Gasteiger partial charge in [-0.1, -0.05) is 6.92 Å². The van der Waals surface area contributed by atoms with Crippen molar-refractivity contribution in [3.8, 4) is 0 Å². The second-order valence-corrected chi connectivity index (χ2v) is 12.5. The Morgan fingerprint density at radius 1 is 0.729 bits per heavy atom. The van der Waals surface area contributed by atoms with E-state index in [1.54, 1.807) is 32.6 Å². The van der Waals surface area contributed by atoms with Gasteiger partial charge in [0.05, 0.1) is 20.8 Å². The van der Waals surface area contributed by atoms with Gasteiger partial charge < -0.3 is 43.9 Å². The summed E-state index contributed by atoms with van der Waals surface area (Å²) in [5.74, 6) is -1.02. The van der Waals surface area contributed by atoms with Crippen LogP contribution in [0.4, 0.5) is 4.79 Å². The fourth-order valence-corrected chi connectivity index (χ4v) is 4.42. The third kappa shape index (κ3) is 21.7. The van der Waals surface area contributed by atoms with Crippen molar-refractivity contribution < 1.29 is 47.7 Å². The van der Waals surface area contributed by atoms with Crippen LogP contribution in [0.25, 0.3) is 0 Å². The van der Waals surface area contributed by atoms with Crippen molar-refractivity contribution in [3.05, 3.63) is 0 Å². The second kappa shape index (κ2) is 24.9. The maximum atomic E-state index is 12.7. The number of methoxy groups -OCH3 is 2. The lowest BCUT2D eigenvalue weighted by molar-refractivity contribution is -0.143. The molecule has 0 spiro atoms. The van der Waals surface area contributed by atoms with E-state index < -0.39 is 23.7 Å². The first-order valence-corrected chi connectivity index (χ1v) is 16.1. The van der Waals surface area contributed by atoms with E-state index in [2.05, 4.69) is 36.4 Å². The number of carbonyl (C=O) groups excluding carboxylic acids is 6. The molecule has 2 atom stereocenters. The van der Waals surface area contributed by atoms with Gasteiger partial charge in [0.15, 0.2) is 0 Å². The Bertz CT molecular complexity index is 994. The normalized spacial score (nSPS) is 16.2. The predicted octanol–water partition coefficient (Wildman–Crippen LogP) is 1.95. The molecule has 0 radical (unpaired) electrons. The predicted molar refractivity (Wildman–Crippen MR) is 183 cm³/mol. The maximum Gasteiger partial charge on any atom is 0.408 e. The number of amides is 3. The lowest BCUT2D eigenvalue weighted by Gasteiger charge is -2.35. The van der Waals surface area contributed by atoms with E-state index in [1.165, 1.54) is 21.1 Å². The van der Waals surface area contributed by atoms with Gasteiger partial charge >= 0.3 is 24.0 Å². The molecule has 0 aliphatic carbocycles. The number of nitrogens with one attached hydrogen (secondary N) is 1. The number of likely N-dealkylation sites (N-methyl/N-ethyl adjacent to an activating group) is 2. The standard InChI is InChI=1S/C16H29N3O5.C12H22N2O3.C4H8O2.ClH/c1-16(2,3)24-15(22)17-12(6-7-13(20)23-5)14(21)19-10-8-18(4)9-11-19;1-10(4-5-11(15)17-3)12(16)14-8-6-13(2)7-9-14;1-3-6-4(2)5;/h12H,6-11H2,1-5H3,(H,17,22);10H,4-9H2,1-3H3;3H2,1-2H3;1H/t12-;10-;;/m00../s1. The average molecular weight is 710 g/mol. The smallest absolute Gasteiger partial charge is 0.408 e. The first-order valence-electron chi connectivity index (χ1n) is 16.1. The molecule has 2 aliphatic heterocycles. The van der Waals surface area contributed by atoms with Gasteiger partial charge in [0.1, 0.15) is 11.6 Å². The summed E-state index contributed by atoms with van der Waals surface area (Å²) in [5.41, 5.74) is -0.659. The summed E-state index contributed by atoms with van der Waals surface area (Å²) in [5, 5.41) is 2.59. The summed E-state index contributed by atoms with van der Waals surface area (Å²) in [7, 11) is 6.72. The van der Waals surface area contributed by atoms with Crippen LogP contribution in [0.1, 0.15) is 67.2 Å². The van der Waals surface area contributed by atoms with Crippen LogP contribution >= 0.6 is 12.4 Å². The largest absolute Gasteiger partial charge is 0.469 e. The molecule has 0 saturated carbocycles. The highest BCUT2D eigenvalue weighted by Crippen LogP contribution is 2.13. The van der Waals surface area contributed by atoms with Crippen molar-refractivity contribution in [2.45, 2.75) is 78.9 Å². The van der Waals surface area contributed by atoms with Crippen LogP contribution < -0.4 is 5.32 Å². The molecule has 0 aromatic carbocycles. The fourth-order valence-electron chi connectivity index (χ4n) is 4.42. The molecule has 0 unspecified atom stereocenters. The first-order chi connectivity index (χ1) is 21.9. The van der Waals surface area contributed by atoms with Gasteiger partial charge in [0.25, 0.3) is 0 Å². The van der Waals surface area contributed by atoms with Crippen LogP contribution in [0.3, 0.4) is 0 Å². The van der Waals surface area contributed by atoms with E-state index in [4.69, 9.17) is 4.74 Å². The minimum Gasteiger partial charge on any atom is -0.469 e. The number of ether oxygens (including phenoxy) is 4. The highest BCUT2D eigenvalue weighted by molar-refractivity contribution is 5.86.